The van der Waals surface area contributed by atoms with Gasteiger partial charge in [0.1, 0.15) is 17.2 Å². The van der Waals surface area contributed by atoms with Gasteiger partial charge in [-0.2, -0.15) is 0 Å². The molecule has 0 aliphatic carbocycles. The van der Waals surface area contributed by atoms with Crippen LogP contribution in [0.1, 0.15) is 43.7 Å². The molecule has 6 heteroatoms. The Balaban J connectivity index is 2.00. The molecule has 1 fully saturated rings. The molecule has 0 spiro atoms. The van der Waals surface area contributed by atoms with Crippen LogP contribution in [0.15, 0.2) is 36.4 Å². The van der Waals surface area contributed by atoms with E-state index in [1.165, 1.54) is 7.11 Å². The summed E-state index contributed by atoms with van der Waals surface area (Å²) < 4.78 is 10.8. The number of carbonyl (C=O) groups is 1. The van der Waals surface area contributed by atoms with Crippen LogP contribution in [-0.2, 0) is 4.79 Å². The number of rotatable bonds is 6. The van der Waals surface area contributed by atoms with Gasteiger partial charge in [0.2, 0.25) is 5.91 Å². The van der Waals surface area contributed by atoms with Gasteiger partial charge in [-0.25, -0.2) is 0 Å². The molecule has 3 unspecified atom stereocenters. The van der Waals surface area contributed by atoms with Crippen LogP contribution >= 0.6 is 0 Å². The van der Waals surface area contributed by atoms with Crippen LogP contribution in [0.2, 0.25) is 0 Å². The van der Waals surface area contributed by atoms with E-state index >= 15 is 0 Å². The van der Waals surface area contributed by atoms with Crippen molar-refractivity contribution in [2.75, 3.05) is 33.0 Å². The molecule has 162 valence electrons. The van der Waals surface area contributed by atoms with E-state index in [-0.39, 0.29) is 24.0 Å². The Labute approximate surface area is 178 Å². The number of nitrogens with zero attached hydrogens (tertiary/aromatic N) is 1. The number of hydrogen-bond acceptors (Lipinski definition) is 5. The maximum Gasteiger partial charge on any atom is 0.223 e. The summed E-state index contributed by atoms with van der Waals surface area (Å²) in [6.45, 7) is 5.91. The zero-order chi connectivity index (χ0) is 21.8. The van der Waals surface area contributed by atoms with Gasteiger partial charge in [-0.15, -0.1) is 0 Å². The average Bonchev–Trinajstić information content (AvgIpc) is 2.71. The minimum atomic E-state index is -0.369. The molecular formula is C24H32N2O4. The van der Waals surface area contributed by atoms with Crippen molar-refractivity contribution in [1.82, 2.24) is 4.90 Å². The number of carbonyl (C=O) groups excluding carboxylic acids is 1. The van der Waals surface area contributed by atoms with Crippen LogP contribution in [0.5, 0.6) is 17.2 Å². The number of likely N-dealkylation sites (tertiary alicyclic amines) is 1. The second-order valence-electron chi connectivity index (χ2n) is 8.43. The van der Waals surface area contributed by atoms with E-state index in [2.05, 4.69) is 13.8 Å². The third kappa shape index (κ3) is 4.81. The monoisotopic (exact) mass is 412 g/mol. The van der Waals surface area contributed by atoms with Gasteiger partial charge in [0.05, 0.1) is 14.2 Å². The lowest BCUT2D eigenvalue weighted by atomic mass is 9.85. The molecule has 30 heavy (non-hydrogen) atoms. The minimum absolute atomic E-state index is 0.0428. The zero-order valence-electron chi connectivity index (χ0n) is 18.2. The third-order valence-corrected chi connectivity index (χ3v) is 5.84. The Morgan fingerprint density at radius 1 is 1.13 bits per heavy atom. The van der Waals surface area contributed by atoms with E-state index in [9.17, 15) is 9.90 Å². The molecule has 0 aromatic heterocycles. The van der Waals surface area contributed by atoms with Gasteiger partial charge in [0.15, 0.2) is 0 Å². The SMILES string of the molecule is COc1cc(O)c(C(CC(=O)N2CC(C)CC(C)C2)c2ccc(N)cc2)c(OC)c1. The van der Waals surface area contributed by atoms with Gasteiger partial charge in [-0.1, -0.05) is 26.0 Å². The van der Waals surface area contributed by atoms with E-state index in [1.807, 2.05) is 29.2 Å². The fourth-order valence-electron chi connectivity index (χ4n) is 4.51. The Kier molecular flexibility index (Phi) is 6.75. The normalized spacial score (nSPS) is 19.9. The quantitative estimate of drug-likeness (QED) is 0.700. The topological polar surface area (TPSA) is 85.0 Å². The minimum Gasteiger partial charge on any atom is -0.507 e. The lowest BCUT2D eigenvalue weighted by molar-refractivity contribution is -0.134. The van der Waals surface area contributed by atoms with Crippen molar-refractivity contribution in [2.24, 2.45) is 11.8 Å². The summed E-state index contributed by atoms with van der Waals surface area (Å²) in [7, 11) is 3.08. The number of nitrogens with two attached hydrogens (primary N) is 1. The molecular weight excluding hydrogens is 380 g/mol. The van der Waals surface area contributed by atoms with E-state index < -0.39 is 0 Å². The number of piperidine rings is 1. The summed E-state index contributed by atoms with van der Waals surface area (Å²) in [6.07, 6.45) is 1.37. The van der Waals surface area contributed by atoms with Gasteiger partial charge < -0.3 is 25.2 Å². The van der Waals surface area contributed by atoms with Crippen LogP contribution in [0.4, 0.5) is 5.69 Å². The van der Waals surface area contributed by atoms with Crippen LogP contribution in [0.3, 0.4) is 0 Å². The molecule has 0 radical (unpaired) electrons. The van der Waals surface area contributed by atoms with Crippen LogP contribution in [0, 0.1) is 11.8 Å². The molecule has 1 saturated heterocycles. The van der Waals surface area contributed by atoms with Crippen LogP contribution in [0.25, 0.3) is 0 Å². The second kappa shape index (κ2) is 9.28. The van der Waals surface area contributed by atoms with Gasteiger partial charge in [0, 0.05) is 48.8 Å². The first-order chi connectivity index (χ1) is 14.3. The summed E-state index contributed by atoms with van der Waals surface area (Å²) in [4.78, 5) is 15.3. The first-order valence-electron chi connectivity index (χ1n) is 10.4. The smallest absolute Gasteiger partial charge is 0.223 e. The first kappa shape index (κ1) is 21.8. The van der Waals surface area contributed by atoms with Crippen molar-refractivity contribution in [3.63, 3.8) is 0 Å². The number of nitrogen functional groups attached to an aromatic ring is 1. The molecule has 1 amide bonds. The summed E-state index contributed by atoms with van der Waals surface area (Å²) >= 11 is 0. The molecule has 2 aromatic carbocycles. The number of anilines is 1. The molecule has 3 atom stereocenters. The Morgan fingerprint density at radius 3 is 2.33 bits per heavy atom. The average molecular weight is 413 g/mol. The lowest BCUT2D eigenvalue weighted by Gasteiger charge is -2.36. The number of ether oxygens (including phenoxy) is 2. The fourth-order valence-corrected chi connectivity index (χ4v) is 4.51. The maximum atomic E-state index is 13.3. The number of aromatic hydroxyl groups is 1. The largest absolute Gasteiger partial charge is 0.507 e. The molecule has 3 rings (SSSR count). The standard InChI is InChI=1S/C24H32N2O4/c1-15-9-16(2)14-26(13-15)23(28)12-20(17-5-7-18(25)8-6-17)24-21(27)10-19(29-3)11-22(24)30-4/h5-8,10-11,15-16,20,27H,9,12-14,25H2,1-4H3. The Bertz CT molecular complexity index is 872. The second-order valence-corrected chi connectivity index (χ2v) is 8.43. The highest BCUT2D eigenvalue weighted by Crippen LogP contribution is 2.43. The summed E-state index contributed by atoms with van der Waals surface area (Å²) in [6, 6.07) is 10.7. The third-order valence-electron chi connectivity index (χ3n) is 5.84. The molecule has 1 heterocycles. The molecule has 1 aliphatic heterocycles. The Hall–Kier alpha value is -2.89. The number of hydrogen-bond donors (Lipinski definition) is 2. The number of phenolic OH excluding ortho intramolecular Hbond substituents is 1. The number of amides is 1. The molecule has 0 bridgehead atoms. The highest BCUT2D eigenvalue weighted by molar-refractivity contribution is 5.78. The van der Waals surface area contributed by atoms with Crippen molar-refractivity contribution in [3.8, 4) is 17.2 Å². The Morgan fingerprint density at radius 2 is 1.77 bits per heavy atom. The maximum absolute atomic E-state index is 13.3. The van der Waals surface area contributed by atoms with Crippen molar-refractivity contribution in [2.45, 2.75) is 32.6 Å². The van der Waals surface area contributed by atoms with Crippen LogP contribution in [-0.4, -0.2) is 43.2 Å². The van der Waals surface area contributed by atoms with E-state index in [4.69, 9.17) is 15.2 Å². The van der Waals surface area contributed by atoms with Crippen molar-refractivity contribution < 1.29 is 19.4 Å². The lowest BCUT2D eigenvalue weighted by Crippen LogP contribution is -2.43. The molecule has 2 aromatic rings. The fraction of sp³-hybridized carbons (Fsp3) is 0.458. The number of methoxy groups -OCH3 is 2. The van der Waals surface area contributed by atoms with Gasteiger partial charge in [-0.3, -0.25) is 4.79 Å². The van der Waals surface area contributed by atoms with Gasteiger partial charge >= 0.3 is 0 Å². The summed E-state index contributed by atoms with van der Waals surface area (Å²) in [5, 5.41) is 10.8. The summed E-state index contributed by atoms with van der Waals surface area (Å²) in [5.41, 5.74) is 7.99. The molecule has 0 saturated carbocycles. The van der Waals surface area contributed by atoms with Crippen molar-refractivity contribution >= 4 is 11.6 Å². The molecule has 6 nitrogen and oxygen atoms in total. The van der Waals surface area contributed by atoms with Gasteiger partial charge in [0.25, 0.3) is 0 Å². The van der Waals surface area contributed by atoms with Crippen molar-refractivity contribution in [3.05, 3.63) is 47.5 Å². The van der Waals surface area contributed by atoms with Crippen LogP contribution < -0.4 is 15.2 Å². The number of benzene rings is 2. The van der Waals surface area contributed by atoms with Gasteiger partial charge in [-0.05, 0) is 36.0 Å². The first-order valence-corrected chi connectivity index (χ1v) is 10.4. The highest BCUT2D eigenvalue weighted by Gasteiger charge is 2.30. The van der Waals surface area contributed by atoms with E-state index in [0.717, 1.165) is 25.1 Å². The number of phenols is 1. The predicted molar refractivity (Wildman–Crippen MR) is 118 cm³/mol. The summed E-state index contributed by atoms with van der Waals surface area (Å²) in [5.74, 6) is 1.70. The molecule has 1 aliphatic rings. The highest BCUT2D eigenvalue weighted by atomic mass is 16.5. The van der Waals surface area contributed by atoms with E-state index in [0.29, 0.717) is 34.6 Å². The van der Waals surface area contributed by atoms with Crippen molar-refractivity contribution in [1.29, 1.82) is 0 Å². The zero-order valence-corrected chi connectivity index (χ0v) is 18.2. The molecule has 3 N–H and O–H groups in total. The predicted octanol–water partition coefficient (Wildman–Crippen LogP) is 4.02. The van der Waals surface area contributed by atoms with E-state index in [1.54, 1.807) is 19.2 Å².